The summed E-state index contributed by atoms with van der Waals surface area (Å²) in [5, 5.41) is 3.31. The molecule has 0 fully saturated rings. The van der Waals surface area contributed by atoms with Gasteiger partial charge in [0.25, 0.3) is 0 Å². The maximum absolute atomic E-state index is 14.0. The van der Waals surface area contributed by atoms with Crippen LogP contribution in [-0.4, -0.2) is 5.91 Å². The van der Waals surface area contributed by atoms with Crippen molar-refractivity contribution in [3.63, 3.8) is 0 Å². The van der Waals surface area contributed by atoms with Crippen LogP contribution in [-0.2, 0) is 11.2 Å². The fourth-order valence-electron chi connectivity index (χ4n) is 2.47. The van der Waals surface area contributed by atoms with Crippen LogP contribution in [0.15, 0.2) is 30.3 Å². The minimum absolute atomic E-state index is 0.101. The number of anilines is 1. The van der Waals surface area contributed by atoms with Crippen molar-refractivity contribution < 1.29 is 9.18 Å². The molecule has 1 amide bonds. The van der Waals surface area contributed by atoms with E-state index in [2.05, 4.69) is 5.32 Å². The van der Waals surface area contributed by atoms with E-state index in [0.29, 0.717) is 16.3 Å². The van der Waals surface area contributed by atoms with E-state index in [9.17, 15) is 9.18 Å². The van der Waals surface area contributed by atoms with Crippen LogP contribution >= 0.6 is 23.2 Å². The van der Waals surface area contributed by atoms with Crippen LogP contribution in [0.5, 0.6) is 0 Å². The van der Waals surface area contributed by atoms with Crippen molar-refractivity contribution in [2.45, 2.75) is 12.5 Å². The third-order valence-corrected chi connectivity index (χ3v) is 4.15. The molecule has 108 valence electrons. The molecule has 1 unspecified atom stereocenters. The van der Waals surface area contributed by atoms with Gasteiger partial charge in [0.05, 0.1) is 12.5 Å². The molecule has 0 saturated carbocycles. The number of carbonyl (C=O) groups is 1. The van der Waals surface area contributed by atoms with Gasteiger partial charge in [-0.2, -0.15) is 0 Å². The fraction of sp³-hybridized carbons (Fsp3) is 0.133. The number of nitrogens with two attached hydrogens (primary N) is 1. The smallest absolute Gasteiger partial charge is 0.228 e. The highest BCUT2D eigenvalue weighted by Crippen LogP contribution is 2.36. The van der Waals surface area contributed by atoms with E-state index >= 15 is 0 Å². The Kier molecular flexibility index (Phi) is 3.61. The van der Waals surface area contributed by atoms with E-state index in [1.165, 1.54) is 12.1 Å². The molecule has 0 aromatic heterocycles. The molecule has 1 aliphatic rings. The number of benzene rings is 2. The lowest BCUT2D eigenvalue weighted by molar-refractivity contribution is -0.115. The zero-order chi connectivity index (χ0) is 15.1. The lowest BCUT2D eigenvalue weighted by Gasteiger charge is -2.17. The number of rotatable bonds is 2. The summed E-state index contributed by atoms with van der Waals surface area (Å²) >= 11 is 12.2. The molecule has 0 saturated heterocycles. The van der Waals surface area contributed by atoms with E-state index in [4.69, 9.17) is 28.9 Å². The molecular weight excluding hydrogens is 314 g/mol. The fourth-order valence-corrected chi connectivity index (χ4v) is 3.03. The van der Waals surface area contributed by atoms with Gasteiger partial charge in [0.1, 0.15) is 5.82 Å². The molecule has 1 atom stereocenters. The van der Waals surface area contributed by atoms with Gasteiger partial charge in [-0.15, -0.1) is 0 Å². The Hall–Kier alpha value is -1.62. The minimum atomic E-state index is -0.799. The maximum Gasteiger partial charge on any atom is 0.228 e. The molecule has 0 bridgehead atoms. The predicted molar refractivity (Wildman–Crippen MR) is 81.2 cm³/mol. The van der Waals surface area contributed by atoms with Gasteiger partial charge in [-0.05, 0) is 35.4 Å². The largest absolute Gasteiger partial charge is 0.325 e. The molecule has 2 aromatic carbocycles. The molecule has 3 rings (SSSR count). The highest BCUT2D eigenvalue weighted by molar-refractivity contribution is 6.32. The number of amides is 1. The van der Waals surface area contributed by atoms with E-state index in [-0.39, 0.29) is 22.9 Å². The van der Waals surface area contributed by atoms with E-state index in [1.807, 2.05) is 0 Å². The van der Waals surface area contributed by atoms with Crippen LogP contribution < -0.4 is 11.1 Å². The maximum atomic E-state index is 14.0. The topological polar surface area (TPSA) is 55.1 Å². The predicted octanol–water partition coefficient (Wildman–Crippen LogP) is 3.68. The van der Waals surface area contributed by atoms with Crippen LogP contribution in [0.3, 0.4) is 0 Å². The molecule has 0 radical (unpaired) electrons. The quantitative estimate of drug-likeness (QED) is 0.885. The van der Waals surface area contributed by atoms with Gasteiger partial charge < -0.3 is 11.1 Å². The Morgan fingerprint density at radius 2 is 2.00 bits per heavy atom. The lowest BCUT2D eigenvalue weighted by Crippen LogP contribution is -2.15. The van der Waals surface area contributed by atoms with Crippen molar-refractivity contribution in [1.82, 2.24) is 0 Å². The summed E-state index contributed by atoms with van der Waals surface area (Å²) in [4.78, 5) is 11.4. The Labute approximate surface area is 130 Å². The first kappa shape index (κ1) is 14.3. The van der Waals surface area contributed by atoms with Gasteiger partial charge in [0.15, 0.2) is 0 Å². The average molecular weight is 325 g/mol. The molecule has 3 N–H and O–H groups in total. The average Bonchev–Trinajstić information content (AvgIpc) is 2.76. The number of nitrogens with one attached hydrogen (secondary N) is 1. The third-order valence-electron chi connectivity index (χ3n) is 3.49. The summed E-state index contributed by atoms with van der Waals surface area (Å²) in [6.45, 7) is 0. The standard InChI is InChI=1S/C15H11Cl2FN2O/c16-9-2-1-3-11(18)14(9)15(19)8-4-7-5-13(21)20-12(7)6-10(8)17/h1-4,6,15H,5,19H2,(H,20,21). The molecular formula is C15H11Cl2FN2O. The van der Waals surface area contributed by atoms with Gasteiger partial charge in [0.2, 0.25) is 5.91 Å². The van der Waals surface area contributed by atoms with Crippen molar-refractivity contribution in [1.29, 1.82) is 0 Å². The summed E-state index contributed by atoms with van der Waals surface area (Å²) in [5.41, 5.74) is 8.33. The van der Waals surface area contributed by atoms with Crippen molar-refractivity contribution in [3.8, 4) is 0 Å². The van der Waals surface area contributed by atoms with Crippen molar-refractivity contribution >= 4 is 34.8 Å². The number of hydrogen-bond donors (Lipinski definition) is 2. The lowest BCUT2D eigenvalue weighted by atomic mass is 9.96. The molecule has 1 aliphatic heterocycles. The minimum Gasteiger partial charge on any atom is -0.325 e. The normalized spacial score (nSPS) is 14.8. The molecule has 2 aromatic rings. The number of hydrogen-bond acceptors (Lipinski definition) is 2. The monoisotopic (exact) mass is 324 g/mol. The summed E-state index contributed by atoms with van der Waals surface area (Å²) in [6, 6.07) is 6.95. The second-order valence-electron chi connectivity index (χ2n) is 4.87. The van der Waals surface area contributed by atoms with Crippen molar-refractivity contribution in [3.05, 3.63) is 62.9 Å². The van der Waals surface area contributed by atoms with Gasteiger partial charge in [-0.1, -0.05) is 29.3 Å². The molecule has 0 aliphatic carbocycles. The summed E-state index contributed by atoms with van der Waals surface area (Å²) < 4.78 is 14.0. The Balaban J connectivity index is 2.09. The zero-order valence-corrected chi connectivity index (χ0v) is 12.3. The summed E-state index contributed by atoms with van der Waals surface area (Å²) in [7, 11) is 0. The van der Waals surface area contributed by atoms with Gasteiger partial charge in [-0.25, -0.2) is 4.39 Å². The zero-order valence-electron chi connectivity index (χ0n) is 10.8. The first-order chi connectivity index (χ1) is 9.97. The summed E-state index contributed by atoms with van der Waals surface area (Å²) in [5.74, 6) is -0.587. The second-order valence-corrected chi connectivity index (χ2v) is 5.68. The van der Waals surface area contributed by atoms with Crippen LogP contribution in [0.4, 0.5) is 10.1 Å². The third kappa shape index (κ3) is 2.50. The summed E-state index contributed by atoms with van der Waals surface area (Å²) in [6.07, 6.45) is 0.261. The van der Waals surface area contributed by atoms with E-state index < -0.39 is 11.9 Å². The first-order valence-electron chi connectivity index (χ1n) is 6.29. The molecule has 6 heteroatoms. The SMILES string of the molecule is NC(c1cc2c(cc1Cl)NC(=O)C2)c1c(F)cccc1Cl. The van der Waals surface area contributed by atoms with E-state index in [0.717, 1.165) is 5.56 Å². The van der Waals surface area contributed by atoms with Gasteiger partial charge in [-0.3, -0.25) is 4.79 Å². The molecule has 3 nitrogen and oxygen atoms in total. The molecule has 0 spiro atoms. The van der Waals surface area contributed by atoms with Gasteiger partial charge in [0, 0.05) is 21.3 Å². The van der Waals surface area contributed by atoms with Crippen LogP contribution in [0.25, 0.3) is 0 Å². The Morgan fingerprint density at radius 1 is 1.24 bits per heavy atom. The number of fused-ring (bicyclic) bond motifs is 1. The van der Waals surface area contributed by atoms with Crippen molar-refractivity contribution in [2.24, 2.45) is 5.73 Å². The highest BCUT2D eigenvalue weighted by Gasteiger charge is 2.24. The van der Waals surface area contributed by atoms with Crippen LogP contribution in [0.1, 0.15) is 22.7 Å². The van der Waals surface area contributed by atoms with Crippen LogP contribution in [0, 0.1) is 5.82 Å². The number of carbonyl (C=O) groups excluding carboxylic acids is 1. The Morgan fingerprint density at radius 3 is 2.71 bits per heavy atom. The molecule has 21 heavy (non-hydrogen) atoms. The molecule has 1 heterocycles. The number of halogens is 3. The van der Waals surface area contributed by atoms with E-state index in [1.54, 1.807) is 18.2 Å². The van der Waals surface area contributed by atoms with Crippen molar-refractivity contribution in [2.75, 3.05) is 5.32 Å². The second kappa shape index (κ2) is 5.30. The van der Waals surface area contributed by atoms with Crippen LogP contribution in [0.2, 0.25) is 10.0 Å². The Bertz CT molecular complexity index is 728. The highest BCUT2D eigenvalue weighted by atomic mass is 35.5. The van der Waals surface area contributed by atoms with Gasteiger partial charge >= 0.3 is 0 Å². The first-order valence-corrected chi connectivity index (χ1v) is 7.04.